The van der Waals surface area contributed by atoms with Gasteiger partial charge in [-0.3, -0.25) is 4.79 Å². The van der Waals surface area contributed by atoms with Gasteiger partial charge in [0.1, 0.15) is 0 Å². The van der Waals surface area contributed by atoms with Crippen molar-refractivity contribution in [2.24, 2.45) is 5.73 Å². The number of nitrogens with zero attached hydrogens (tertiary/aromatic N) is 1. The minimum Gasteiger partial charge on any atom is -0.340 e. The van der Waals surface area contributed by atoms with Crippen LogP contribution in [0.15, 0.2) is 24.3 Å². The molecule has 1 saturated carbocycles. The van der Waals surface area contributed by atoms with Crippen molar-refractivity contribution in [3.8, 4) is 0 Å². The highest BCUT2D eigenvalue weighted by molar-refractivity contribution is 6.30. The third kappa shape index (κ3) is 3.02. The fourth-order valence-corrected chi connectivity index (χ4v) is 4.30. The van der Waals surface area contributed by atoms with Crippen molar-refractivity contribution in [3.05, 3.63) is 34.9 Å². The fourth-order valence-electron chi connectivity index (χ4n) is 4.11. The highest BCUT2D eigenvalue weighted by atomic mass is 35.5. The van der Waals surface area contributed by atoms with E-state index < -0.39 is 0 Å². The first-order valence-corrected chi connectivity index (χ1v) is 8.78. The molecule has 2 aliphatic rings. The lowest BCUT2D eigenvalue weighted by molar-refractivity contribution is -0.136. The van der Waals surface area contributed by atoms with Crippen LogP contribution in [-0.4, -0.2) is 29.9 Å². The van der Waals surface area contributed by atoms with Crippen LogP contribution in [0.4, 0.5) is 0 Å². The Morgan fingerprint density at radius 2 is 2.05 bits per heavy atom. The van der Waals surface area contributed by atoms with E-state index in [4.69, 9.17) is 17.3 Å². The largest absolute Gasteiger partial charge is 0.340 e. The molecule has 0 unspecified atom stereocenters. The zero-order chi connectivity index (χ0) is 15.6. The molecule has 1 heterocycles. The number of carbonyl (C=O) groups excluding carboxylic acids is 1. The van der Waals surface area contributed by atoms with Crippen LogP contribution in [-0.2, 0) is 10.2 Å². The third-order valence-corrected chi connectivity index (χ3v) is 5.78. The number of rotatable bonds is 3. The summed E-state index contributed by atoms with van der Waals surface area (Å²) in [6.45, 7) is 1.59. The van der Waals surface area contributed by atoms with E-state index in [1.807, 2.05) is 12.1 Å². The standard InChI is InChI=1S/C18H25ClN2O/c19-15-5-3-4-14(12-15)18(13-20)9-7-16(8-10-18)21-11-2-1-6-17(21)22/h3-5,12,16H,1-2,6-11,13,20H2/t16-,18-. The van der Waals surface area contributed by atoms with E-state index in [2.05, 4.69) is 17.0 Å². The molecule has 120 valence electrons. The molecule has 22 heavy (non-hydrogen) atoms. The number of hydrogen-bond donors (Lipinski definition) is 1. The van der Waals surface area contributed by atoms with E-state index in [1.165, 1.54) is 5.56 Å². The lowest BCUT2D eigenvalue weighted by Crippen LogP contribution is -2.48. The van der Waals surface area contributed by atoms with Crippen molar-refractivity contribution < 1.29 is 4.79 Å². The van der Waals surface area contributed by atoms with Crippen LogP contribution in [0.5, 0.6) is 0 Å². The maximum atomic E-state index is 12.1. The molecular formula is C18H25ClN2O. The number of amides is 1. The van der Waals surface area contributed by atoms with Gasteiger partial charge in [0, 0.05) is 36.0 Å². The minimum atomic E-state index is 0.0280. The van der Waals surface area contributed by atoms with E-state index in [0.717, 1.165) is 56.5 Å². The number of halogens is 1. The lowest BCUT2D eigenvalue weighted by Gasteiger charge is -2.44. The van der Waals surface area contributed by atoms with E-state index in [1.54, 1.807) is 0 Å². The molecular weight excluding hydrogens is 296 g/mol. The number of piperidine rings is 1. The topological polar surface area (TPSA) is 46.3 Å². The van der Waals surface area contributed by atoms with Gasteiger partial charge in [-0.15, -0.1) is 0 Å². The Morgan fingerprint density at radius 3 is 2.68 bits per heavy atom. The second-order valence-electron chi connectivity index (χ2n) is 6.77. The lowest BCUT2D eigenvalue weighted by atomic mass is 9.68. The predicted octanol–water partition coefficient (Wildman–Crippen LogP) is 3.49. The van der Waals surface area contributed by atoms with Crippen molar-refractivity contribution in [3.63, 3.8) is 0 Å². The second kappa shape index (κ2) is 6.59. The Balaban J connectivity index is 1.72. The minimum absolute atomic E-state index is 0.0280. The average Bonchev–Trinajstić information content (AvgIpc) is 2.55. The number of hydrogen-bond acceptors (Lipinski definition) is 2. The van der Waals surface area contributed by atoms with Gasteiger partial charge in [0.15, 0.2) is 0 Å². The van der Waals surface area contributed by atoms with E-state index in [0.29, 0.717) is 18.5 Å². The van der Waals surface area contributed by atoms with Crippen LogP contribution < -0.4 is 5.73 Å². The van der Waals surface area contributed by atoms with Gasteiger partial charge in [-0.2, -0.15) is 0 Å². The Morgan fingerprint density at radius 1 is 1.27 bits per heavy atom. The first-order chi connectivity index (χ1) is 10.6. The quantitative estimate of drug-likeness (QED) is 0.926. The molecule has 2 N–H and O–H groups in total. The van der Waals surface area contributed by atoms with Gasteiger partial charge < -0.3 is 10.6 Å². The zero-order valence-corrected chi connectivity index (χ0v) is 13.8. The molecule has 0 bridgehead atoms. The monoisotopic (exact) mass is 320 g/mol. The molecule has 1 aliphatic carbocycles. The first-order valence-electron chi connectivity index (χ1n) is 8.40. The summed E-state index contributed by atoms with van der Waals surface area (Å²) in [6.07, 6.45) is 7.12. The second-order valence-corrected chi connectivity index (χ2v) is 7.21. The van der Waals surface area contributed by atoms with Crippen LogP contribution in [0.25, 0.3) is 0 Å². The summed E-state index contributed by atoms with van der Waals surface area (Å²) in [6, 6.07) is 8.53. The van der Waals surface area contributed by atoms with E-state index in [9.17, 15) is 4.79 Å². The van der Waals surface area contributed by atoms with Crippen LogP contribution in [0.2, 0.25) is 5.02 Å². The number of nitrogens with two attached hydrogens (primary N) is 1. The molecule has 0 aromatic heterocycles. The summed E-state index contributed by atoms with van der Waals surface area (Å²) in [7, 11) is 0. The van der Waals surface area contributed by atoms with Crippen LogP contribution in [0.3, 0.4) is 0 Å². The number of likely N-dealkylation sites (tertiary alicyclic amines) is 1. The molecule has 3 rings (SSSR count). The Kier molecular flexibility index (Phi) is 4.74. The van der Waals surface area contributed by atoms with Crippen molar-refractivity contribution in [2.45, 2.75) is 56.4 Å². The van der Waals surface area contributed by atoms with Gasteiger partial charge in [0.05, 0.1) is 0 Å². The van der Waals surface area contributed by atoms with Crippen LogP contribution in [0, 0.1) is 0 Å². The van der Waals surface area contributed by atoms with Gasteiger partial charge in [-0.1, -0.05) is 23.7 Å². The summed E-state index contributed by atoms with van der Waals surface area (Å²) in [5, 5.41) is 0.777. The SMILES string of the molecule is NC[C@]1(c2cccc(Cl)c2)CC[C@H](N2CCCCC2=O)CC1. The average molecular weight is 321 g/mol. The van der Waals surface area contributed by atoms with Gasteiger partial charge >= 0.3 is 0 Å². The predicted molar refractivity (Wildman–Crippen MR) is 90.0 cm³/mol. The Bertz CT molecular complexity index is 538. The van der Waals surface area contributed by atoms with Crippen molar-refractivity contribution in [1.29, 1.82) is 0 Å². The molecule has 4 heteroatoms. The third-order valence-electron chi connectivity index (χ3n) is 5.54. The van der Waals surface area contributed by atoms with E-state index in [-0.39, 0.29) is 5.41 Å². The molecule has 1 amide bonds. The Labute approximate surface area is 137 Å². The molecule has 1 aromatic rings. The zero-order valence-electron chi connectivity index (χ0n) is 13.1. The highest BCUT2D eigenvalue weighted by Crippen LogP contribution is 2.41. The van der Waals surface area contributed by atoms with Gasteiger partial charge in [-0.25, -0.2) is 0 Å². The summed E-state index contributed by atoms with van der Waals surface area (Å²) >= 11 is 6.16. The number of benzene rings is 1. The molecule has 2 fully saturated rings. The summed E-state index contributed by atoms with van der Waals surface area (Å²) in [5.41, 5.74) is 7.43. The first kappa shape index (κ1) is 15.8. The van der Waals surface area contributed by atoms with E-state index >= 15 is 0 Å². The molecule has 1 aromatic carbocycles. The van der Waals surface area contributed by atoms with Crippen molar-refractivity contribution in [2.75, 3.05) is 13.1 Å². The maximum absolute atomic E-state index is 12.1. The fraction of sp³-hybridized carbons (Fsp3) is 0.611. The molecule has 3 nitrogen and oxygen atoms in total. The molecule has 0 spiro atoms. The highest BCUT2D eigenvalue weighted by Gasteiger charge is 2.38. The summed E-state index contributed by atoms with van der Waals surface area (Å²) < 4.78 is 0. The smallest absolute Gasteiger partial charge is 0.222 e. The molecule has 1 saturated heterocycles. The van der Waals surface area contributed by atoms with Crippen molar-refractivity contribution in [1.82, 2.24) is 4.90 Å². The van der Waals surface area contributed by atoms with Crippen LogP contribution >= 0.6 is 11.6 Å². The molecule has 0 radical (unpaired) electrons. The Hall–Kier alpha value is -1.06. The summed E-state index contributed by atoms with van der Waals surface area (Å²) in [4.78, 5) is 14.2. The maximum Gasteiger partial charge on any atom is 0.222 e. The van der Waals surface area contributed by atoms with Gasteiger partial charge in [0.2, 0.25) is 5.91 Å². The van der Waals surface area contributed by atoms with Gasteiger partial charge in [0.25, 0.3) is 0 Å². The van der Waals surface area contributed by atoms with Crippen molar-refractivity contribution >= 4 is 17.5 Å². The molecule has 1 aliphatic heterocycles. The molecule has 0 atom stereocenters. The number of carbonyl (C=O) groups is 1. The van der Waals surface area contributed by atoms with Gasteiger partial charge in [-0.05, 0) is 56.2 Å². The normalized spacial score (nSPS) is 29.6. The summed E-state index contributed by atoms with van der Waals surface area (Å²) in [5.74, 6) is 0.347. The van der Waals surface area contributed by atoms with Crippen LogP contribution in [0.1, 0.15) is 50.5 Å².